The van der Waals surface area contributed by atoms with Gasteiger partial charge in [-0.25, -0.2) is 0 Å². The molecular formula is C15H24N2O2. The molecule has 2 N–H and O–H groups in total. The SMILES string of the molecule is Cc1ccc(NCC(=O)NCCCOC(C)C)cc1. The van der Waals surface area contributed by atoms with E-state index in [1.54, 1.807) is 0 Å². The van der Waals surface area contributed by atoms with Crippen LogP contribution in [-0.2, 0) is 9.53 Å². The summed E-state index contributed by atoms with van der Waals surface area (Å²) in [4.78, 5) is 11.6. The zero-order valence-corrected chi connectivity index (χ0v) is 12.0. The third kappa shape index (κ3) is 7.47. The largest absolute Gasteiger partial charge is 0.379 e. The lowest BCUT2D eigenvalue weighted by atomic mass is 10.2. The van der Waals surface area contributed by atoms with Crippen LogP contribution >= 0.6 is 0 Å². The van der Waals surface area contributed by atoms with E-state index in [9.17, 15) is 4.79 Å². The van der Waals surface area contributed by atoms with E-state index in [2.05, 4.69) is 10.6 Å². The summed E-state index contributed by atoms with van der Waals surface area (Å²) in [6, 6.07) is 7.98. The predicted octanol–water partition coefficient (Wildman–Crippen LogP) is 2.34. The molecule has 1 aromatic carbocycles. The van der Waals surface area contributed by atoms with Gasteiger partial charge in [0.2, 0.25) is 5.91 Å². The highest BCUT2D eigenvalue weighted by Crippen LogP contribution is 2.07. The van der Waals surface area contributed by atoms with Crippen LogP contribution in [-0.4, -0.2) is 31.7 Å². The van der Waals surface area contributed by atoms with Crippen molar-refractivity contribution < 1.29 is 9.53 Å². The monoisotopic (exact) mass is 264 g/mol. The number of carbonyl (C=O) groups excluding carboxylic acids is 1. The van der Waals surface area contributed by atoms with Crippen LogP contribution in [0.4, 0.5) is 5.69 Å². The summed E-state index contributed by atoms with van der Waals surface area (Å²) in [6.45, 7) is 7.68. The first-order valence-corrected chi connectivity index (χ1v) is 6.77. The third-order valence-electron chi connectivity index (χ3n) is 2.60. The summed E-state index contributed by atoms with van der Waals surface area (Å²) in [5, 5.41) is 5.94. The summed E-state index contributed by atoms with van der Waals surface area (Å²) in [5.41, 5.74) is 2.17. The van der Waals surface area contributed by atoms with Crippen LogP contribution in [0.5, 0.6) is 0 Å². The number of hydrogen-bond donors (Lipinski definition) is 2. The van der Waals surface area contributed by atoms with Crippen molar-refractivity contribution in [1.82, 2.24) is 5.32 Å². The van der Waals surface area contributed by atoms with Crippen LogP contribution in [0.2, 0.25) is 0 Å². The molecule has 0 aliphatic carbocycles. The molecule has 19 heavy (non-hydrogen) atoms. The second-order valence-corrected chi connectivity index (χ2v) is 4.84. The molecule has 0 radical (unpaired) electrons. The summed E-state index contributed by atoms with van der Waals surface area (Å²) in [5.74, 6) is 0.00474. The Labute approximate surface area is 115 Å². The Kier molecular flexibility index (Phi) is 6.97. The molecule has 0 saturated heterocycles. The molecule has 0 atom stereocenters. The van der Waals surface area contributed by atoms with E-state index >= 15 is 0 Å². The van der Waals surface area contributed by atoms with Crippen LogP contribution in [0.15, 0.2) is 24.3 Å². The van der Waals surface area contributed by atoms with Gasteiger partial charge >= 0.3 is 0 Å². The molecule has 0 aliphatic heterocycles. The van der Waals surface area contributed by atoms with Gasteiger partial charge in [0.25, 0.3) is 0 Å². The standard InChI is InChI=1S/C15H24N2O2/c1-12(2)19-10-4-9-16-15(18)11-17-14-7-5-13(3)6-8-14/h5-8,12,17H,4,9-11H2,1-3H3,(H,16,18). The maximum atomic E-state index is 11.6. The van der Waals surface area contributed by atoms with E-state index in [1.165, 1.54) is 5.56 Å². The number of amides is 1. The number of aryl methyl sites for hydroxylation is 1. The third-order valence-corrected chi connectivity index (χ3v) is 2.60. The fraction of sp³-hybridized carbons (Fsp3) is 0.533. The first-order chi connectivity index (χ1) is 9.08. The van der Waals surface area contributed by atoms with Gasteiger partial charge in [0, 0.05) is 18.8 Å². The van der Waals surface area contributed by atoms with Crippen molar-refractivity contribution in [3.63, 3.8) is 0 Å². The average Bonchev–Trinajstić information content (AvgIpc) is 2.37. The molecule has 106 valence electrons. The fourth-order valence-electron chi connectivity index (χ4n) is 1.54. The second kappa shape index (κ2) is 8.53. The highest BCUT2D eigenvalue weighted by Gasteiger charge is 2.00. The number of benzene rings is 1. The molecular weight excluding hydrogens is 240 g/mol. The molecule has 0 fully saturated rings. The zero-order valence-electron chi connectivity index (χ0n) is 12.0. The van der Waals surface area contributed by atoms with Crippen LogP contribution < -0.4 is 10.6 Å². The van der Waals surface area contributed by atoms with Gasteiger partial charge in [-0.05, 0) is 39.3 Å². The molecule has 0 saturated carbocycles. The highest BCUT2D eigenvalue weighted by molar-refractivity contribution is 5.80. The minimum absolute atomic E-state index is 0.00474. The zero-order chi connectivity index (χ0) is 14.1. The number of rotatable bonds is 8. The Hall–Kier alpha value is -1.55. The minimum Gasteiger partial charge on any atom is -0.379 e. The lowest BCUT2D eigenvalue weighted by molar-refractivity contribution is -0.119. The van der Waals surface area contributed by atoms with Crippen LogP contribution in [0.1, 0.15) is 25.8 Å². The maximum absolute atomic E-state index is 11.6. The van der Waals surface area contributed by atoms with Crippen LogP contribution in [0.25, 0.3) is 0 Å². The van der Waals surface area contributed by atoms with E-state index in [4.69, 9.17) is 4.74 Å². The Bertz CT molecular complexity index is 374. The van der Waals surface area contributed by atoms with E-state index in [0.717, 1.165) is 12.1 Å². The topological polar surface area (TPSA) is 50.4 Å². The summed E-state index contributed by atoms with van der Waals surface area (Å²) in [7, 11) is 0. The number of hydrogen-bond acceptors (Lipinski definition) is 3. The van der Waals surface area contributed by atoms with Crippen molar-refractivity contribution in [1.29, 1.82) is 0 Å². The molecule has 4 nitrogen and oxygen atoms in total. The quantitative estimate of drug-likeness (QED) is 0.709. The lowest BCUT2D eigenvalue weighted by Crippen LogP contribution is -2.31. The normalized spacial score (nSPS) is 10.5. The molecule has 1 amide bonds. The molecule has 1 rings (SSSR count). The molecule has 0 aromatic heterocycles. The summed E-state index contributed by atoms with van der Waals surface area (Å²) in [6.07, 6.45) is 1.09. The maximum Gasteiger partial charge on any atom is 0.239 e. The van der Waals surface area contributed by atoms with Gasteiger partial charge in [0.1, 0.15) is 0 Å². The Morgan fingerprint density at radius 3 is 2.58 bits per heavy atom. The van der Waals surface area contributed by atoms with Gasteiger partial charge in [0.15, 0.2) is 0 Å². The van der Waals surface area contributed by atoms with E-state index < -0.39 is 0 Å². The molecule has 0 bridgehead atoms. The van der Waals surface area contributed by atoms with Gasteiger partial charge < -0.3 is 15.4 Å². The van der Waals surface area contributed by atoms with E-state index in [1.807, 2.05) is 45.0 Å². The first kappa shape index (κ1) is 15.5. The molecule has 0 aliphatic rings. The Balaban J connectivity index is 2.09. The Morgan fingerprint density at radius 2 is 1.95 bits per heavy atom. The molecule has 0 heterocycles. The van der Waals surface area contributed by atoms with Crippen molar-refractivity contribution >= 4 is 11.6 Å². The highest BCUT2D eigenvalue weighted by atomic mass is 16.5. The fourth-order valence-corrected chi connectivity index (χ4v) is 1.54. The summed E-state index contributed by atoms with van der Waals surface area (Å²) >= 11 is 0. The molecule has 0 spiro atoms. The van der Waals surface area contributed by atoms with Crippen LogP contribution in [0.3, 0.4) is 0 Å². The predicted molar refractivity (Wildman–Crippen MR) is 78.4 cm³/mol. The summed E-state index contributed by atoms with van der Waals surface area (Å²) < 4.78 is 5.40. The van der Waals surface area contributed by atoms with Gasteiger partial charge in [-0.3, -0.25) is 4.79 Å². The second-order valence-electron chi connectivity index (χ2n) is 4.84. The van der Waals surface area contributed by atoms with Gasteiger partial charge in [0.05, 0.1) is 12.6 Å². The number of carbonyl (C=O) groups is 1. The van der Waals surface area contributed by atoms with E-state index in [-0.39, 0.29) is 12.0 Å². The number of nitrogens with one attached hydrogen (secondary N) is 2. The van der Waals surface area contributed by atoms with Crippen LogP contribution in [0, 0.1) is 6.92 Å². The molecule has 1 aromatic rings. The Morgan fingerprint density at radius 1 is 1.26 bits per heavy atom. The van der Waals surface area contributed by atoms with E-state index in [0.29, 0.717) is 19.7 Å². The molecule has 4 heteroatoms. The number of ether oxygens (including phenoxy) is 1. The molecule has 0 unspecified atom stereocenters. The minimum atomic E-state index is 0.00474. The lowest BCUT2D eigenvalue weighted by Gasteiger charge is -2.09. The van der Waals surface area contributed by atoms with Gasteiger partial charge in [-0.15, -0.1) is 0 Å². The van der Waals surface area contributed by atoms with Gasteiger partial charge in [-0.2, -0.15) is 0 Å². The van der Waals surface area contributed by atoms with Crippen molar-refractivity contribution in [3.8, 4) is 0 Å². The first-order valence-electron chi connectivity index (χ1n) is 6.77. The average molecular weight is 264 g/mol. The van der Waals surface area contributed by atoms with Crippen molar-refractivity contribution in [3.05, 3.63) is 29.8 Å². The van der Waals surface area contributed by atoms with Crippen molar-refractivity contribution in [2.75, 3.05) is 25.0 Å². The smallest absolute Gasteiger partial charge is 0.239 e. The van der Waals surface area contributed by atoms with Gasteiger partial charge in [-0.1, -0.05) is 17.7 Å². The van der Waals surface area contributed by atoms with Crippen molar-refractivity contribution in [2.24, 2.45) is 0 Å². The number of anilines is 1. The van der Waals surface area contributed by atoms with Crippen molar-refractivity contribution in [2.45, 2.75) is 33.3 Å².